The molecule has 1 aromatic carbocycles. The largest absolute Gasteiger partial charge is 0.449 e. The molecule has 0 bridgehead atoms. The molecular formula is C37H59NO2. The van der Waals surface area contributed by atoms with Crippen molar-refractivity contribution in [1.82, 2.24) is 0 Å². The molecule has 0 aromatic heterocycles. The second-order valence-electron chi connectivity index (χ2n) is 16.1. The third-order valence-corrected chi connectivity index (χ3v) is 13.1. The predicted molar refractivity (Wildman–Crippen MR) is 168 cm³/mol. The van der Waals surface area contributed by atoms with E-state index in [0.29, 0.717) is 23.4 Å². The van der Waals surface area contributed by atoms with Gasteiger partial charge in [0.2, 0.25) is 0 Å². The van der Waals surface area contributed by atoms with Gasteiger partial charge in [0, 0.05) is 5.69 Å². The molecule has 0 aliphatic heterocycles. The third kappa shape index (κ3) is 5.61. The van der Waals surface area contributed by atoms with Gasteiger partial charge in [-0.3, -0.25) is 5.32 Å². The summed E-state index contributed by atoms with van der Waals surface area (Å²) in [7, 11) is 0. The first-order valence-corrected chi connectivity index (χ1v) is 17.0. The summed E-state index contributed by atoms with van der Waals surface area (Å²) in [6, 6.07) is 8.12. The summed E-state index contributed by atoms with van der Waals surface area (Å²) in [5, 5.41) is 2.90. The highest BCUT2D eigenvalue weighted by Gasteiger charge is 2.61. The van der Waals surface area contributed by atoms with E-state index in [4.69, 9.17) is 4.74 Å². The van der Waals surface area contributed by atoms with Gasteiger partial charge >= 0.3 is 6.09 Å². The molecule has 1 amide bonds. The highest BCUT2D eigenvalue weighted by atomic mass is 16.5. The molecule has 1 aromatic rings. The number of anilines is 1. The van der Waals surface area contributed by atoms with Crippen molar-refractivity contribution in [1.29, 1.82) is 0 Å². The average Bonchev–Trinajstić information content (AvgIpc) is 3.27. The number of hydrogen-bond donors (Lipinski definition) is 1. The van der Waals surface area contributed by atoms with Crippen LogP contribution in [-0.4, -0.2) is 12.7 Å². The number of rotatable bonds is 7. The number of ether oxygens (including phenoxy) is 1. The normalized spacial score (nSPS) is 38.1. The summed E-state index contributed by atoms with van der Waals surface area (Å²) in [5.74, 6) is 6.35. The SMILES string of the molecule is CC[C@H]1C[C@@H]2[C@H](CC[C@]3(C)C([C@H](C)CCCOC(=O)Nc4ccc(C(C)(C)C)cc4)CC[C@@H]23)[C@@]2(C)CCCC[C@@H]12. The lowest BCUT2D eigenvalue weighted by atomic mass is 9.42. The van der Waals surface area contributed by atoms with Crippen LogP contribution in [0.2, 0.25) is 0 Å². The minimum Gasteiger partial charge on any atom is -0.449 e. The Balaban J connectivity index is 1.12. The second kappa shape index (κ2) is 11.6. The number of benzene rings is 1. The van der Waals surface area contributed by atoms with Gasteiger partial charge in [-0.05, 0) is 133 Å². The molecule has 3 heteroatoms. The molecule has 0 heterocycles. The van der Waals surface area contributed by atoms with E-state index < -0.39 is 0 Å². The Morgan fingerprint density at radius 1 is 0.975 bits per heavy atom. The molecule has 4 aliphatic carbocycles. The van der Waals surface area contributed by atoms with Crippen LogP contribution >= 0.6 is 0 Å². The summed E-state index contributed by atoms with van der Waals surface area (Å²) >= 11 is 0. The van der Waals surface area contributed by atoms with Gasteiger partial charge in [-0.15, -0.1) is 0 Å². The molecule has 224 valence electrons. The number of carbonyl (C=O) groups excluding carboxylic acids is 1. The first-order valence-electron chi connectivity index (χ1n) is 17.0. The monoisotopic (exact) mass is 549 g/mol. The number of fused-ring (bicyclic) bond motifs is 5. The van der Waals surface area contributed by atoms with Gasteiger partial charge in [-0.2, -0.15) is 0 Å². The van der Waals surface area contributed by atoms with Crippen LogP contribution in [0.25, 0.3) is 0 Å². The molecule has 3 nitrogen and oxygen atoms in total. The molecule has 4 aliphatic rings. The molecule has 9 atom stereocenters. The minimum atomic E-state index is -0.334. The van der Waals surface area contributed by atoms with Crippen LogP contribution in [0.5, 0.6) is 0 Å². The van der Waals surface area contributed by atoms with Crippen molar-refractivity contribution >= 4 is 11.8 Å². The Hall–Kier alpha value is -1.51. The van der Waals surface area contributed by atoms with Crippen molar-refractivity contribution in [3.05, 3.63) is 29.8 Å². The Morgan fingerprint density at radius 2 is 1.70 bits per heavy atom. The fraction of sp³-hybridized carbons (Fsp3) is 0.811. The van der Waals surface area contributed by atoms with E-state index in [9.17, 15) is 4.79 Å². The molecule has 0 saturated heterocycles. The quantitative estimate of drug-likeness (QED) is 0.343. The zero-order chi connectivity index (χ0) is 28.7. The molecule has 4 saturated carbocycles. The van der Waals surface area contributed by atoms with E-state index in [1.807, 2.05) is 12.1 Å². The average molecular weight is 550 g/mol. The number of amides is 1. The van der Waals surface area contributed by atoms with Crippen molar-refractivity contribution in [2.75, 3.05) is 11.9 Å². The summed E-state index contributed by atoms with van der Waals surface area (Å²) in [4.78, 5) is 12.4. The Morgan fingerprint density at radius 3 is 2.40 bits per heavy atom. The Bertz CT molecular complexity index is 1010. The van der Waals surface area contributed by atoms with E-state index >= 15 is 0 Å². The fourth-order valence-corrected chi connectivity index (χ4v) is 11.0. The molecule has 0 radical (unpaired) electrons. The van der Waals surface area contributed by atoms with E-state index in [-0.39, 0.29) is 11.5 Å². The maximum atomic E-state index is 12.4. The topological polar surface area (TPSA) is 38.3 Å². The predicted octanol–water partition coefficient (Wildman–Crippen LogP) is 10.6. The van der Waals surface area contributed by atoms with Crippen molar-refractivity contribution in [2.24, 2.45) is 52.3 Å². The van der Waals surface area contributed by atoms with Crippen molar-refractivity contribution in [2.45, 2.75) is 131 Å². The Labute approximate surface area is 246 Å². The van der Waals surface area contributed by atoms with Crippen LogP contribution in [0.1, 0.15) is 131 Å². The van der Waals surface area contributed by atoms with Gasteiger partial charge < -0.3 is 4.74 Å². The smallest absolute Gasteiger partial charge is 0.411 e. The number of hydrogen-bond acceptors (Lipinski definition) is 2. The van der Waals surface area contributed by atoms with E-state index in [1.54, 1.807) is 0 Å². The van der Waals surface area contributed by atoms with E-state index in [0.717, 1.165) is 54.0 Å². The molecule has 1 N–H and O–H groups in total. The van der Waals surface area contributed by atoms with Gasteiger partial charge in [0.05, 0.1) is 6.61 Å². The Kier molecular flexibility index (Phi) is 8.72. The maximum Gasteiger partial charge on any atom is 0.411 e. The standard InChI is InChI=1S/C37H59NO2/c1-8-26-24-29-32-19-18-30(37(32,7)22-20-33(29)36(6)21-10-9-13-31(26)36)25(2)12-11-23-40-34(39)38-28-16-14-27(15-17-28)35(3,4)5/h14-17,25-26,29-33H,8-13,18-24H2,1-7H3,(H,38,39)/t25-,26+,29+,30?,31+,32+,33+,36+,37-/m1/s1. The first-order chi connectivity index (χ1) is 19.0. The minimum absolute atomic E-state index is 0.108. The van der Waals surface area contributed by atoms with Gasteiger partial charge in [0.25, 0.3) is 0 Å². The lowest BCUT2D eigenvalue weighted by Crippen LogP contribution is -2.55. The molecule has 5 rings (SSSR count). The third-order valence-electron chi connectivity index (χ3n) is 13.1. The summed E-state index contributed by atoms with van der Waals surface area (Å²) in [6.07, 6.45) is 16.4. The van der Waals surface area contributed by atoms with Gasteiger partial charge in [-0.1, -0.05) is 79.9 Å². The van der Waals surface area contributed by atoms with Crippen molar-refractivity contribution in [3.63, 3.8) is 0 Å². The molecule has 0 spiro atoms. The second-order valence-corrected chi connectivity index (χ2v) is 16.1. The molecule has 1 unspecified atom stereocenters. The molecular weight excluding hydrogens is 490 g/mol. The first kappa shape index (κ1) is 30.0. The van der Waals surface area contributed by atoms with E-state index in [2.05, 4.69) is 65.9 Å². The highest BCUT2D eigenvalue weighted by Crippen LogP contribution is 2.69. The zero-order valence-electron chi connectivity index (χ0n) is 26.9. The van der Waals surface area contributed by atoms with Crippen LogP contribution in [0.3, 0.4) is 0 Å². The van der Waals surface area contributed by atoms with Crippen LogP contribution in [0, 0.1) is 52.3 Å². The number of carbonyl (C=O) groups is 1. The fourth-order valence-electron chi connectivity index (χ4n) is 11.0. The maximum absolute atomic E-state index is 12.4. The van der Waals surface area contributed by atoms with Crippen LogP contribution in [0.15, 0.2) is 24.3 Å². The lowest BCUT2D eigenvalue weighted by Gasteiger charge is -2.63. The van der Waals surface area contributed by atoms with Crippen LogP contribution in [0.4, 0.5) is 10.5 Å². The van der Waals surface area contributed by atoms with Crippen molar-refractivity contribution < 1.29 is 9.53 Å². The van der Waals surface area contributed by atoms with Crippen molar-refractivity contribution in [3.8, 4) is 0 Å². The van der Waals surface area contributed by atoms with Crippen LogP contribution < -0.4 is 5.32 Å². The highest BCUT2D eigenvalue weighted by molar-refractivity contribution is 5.84. The summed E-state index contributed by atoms with van der Waals surface area (Å²) in [5.41, 5.74) is 3.29. The van der Waals surface area contributed by atoms with Gasteiger partial charge in [0.1, 0.15) is 0 Å². The summed E-state index contributed by atoms with van der Waals surface area (Å²) in [6.45, 7) is 17.5. The van der Waals surface area contributed by atoms with Gasteiger partial charge in [0.15, 0.2) is 0 Å². The number of nitrogens with one attached hydrogen (secondary N) is 1. The van der Waals surface area contributed by atoms with Gasteiger partial charge in [-0.25, -0.2) is 4.79 Å². The van der Waals surface area contributed by atoms with E-state index in [1.165, 1.54) is 69.8 Å². The lowest BCUT2D eigenvalue weighted by molar-refractivity contribution is -0.138. The zero-order valence-corrected chi connectivity index (χ0v) is 26.9. The molecule has 4 fully saturated rings. The van der Waals surface area contributed by atoms with Crippen LogP contribution in [-0.2, 0) is 10.2 Å². The molecule has 40 heavy (non-hydrogen) atoms. The summed E-state index contributed by atoms with van der Waals surface area (Å²) < 4.78 is 5.59.